The average molecular weight is 273 g/mol. The summed E-state index contributed by atoms with van der Waals surface area (Å²) in [5.74, 6) is -0.380. The van der Waals surface area contributed by atoms with Crippen LogP contribution in [0.15, 0.2) is 12.1 Å². The van der Waals surface area contributed by atoms with Crippen molar-refractivity contribution in [3.63, 3.8) is 0 Å². The van der Waals surface area contributed by atoms with E-state index < -0.39 is 5.92 Å². The van der Waals surface area contributed by atoms with E-state index in [1.54, 1.807) is 0 Å². The summed E-state index contributed by atoms with van der Waals surface area (Å²) < 4.78 is 0. The Morgan fingerprint density at radius 2 is 1.85 bits per heavy atom. The molecular formula is C17H23NO2. The van der Waals surface area contributed by atoms with Crippen LogP contribution in [-0.2, 0) is 9.59 Å². The van der Waals surface area contributed by atoms with Gasteiger partial charge < -0.3 is 4.90 Å². The number of rotatable bonds is 3. The number of carbonyl (C=O) groups is 2. The molecule has 3 heteroatoms. The SMILES string of the molecule is CCC(=O)[C@H]1CCCN(c2c(C)cc(C)cc2C)C1=O. The molecule has 3 nitrogen and oxygen atoms in total. The number of hydrogen-bond acceptors (Lipinski definition) is 2. The Kier molecular flexibility index (Phi) is 4.26. The lowest BCUT2D eigenvalue weighted by molar-refractivity contribution is -0.133. The maximum Gasteiger partial charge on any atom is 0.237 e. The zero-order chi connectivity index (χ0) is 14.9. The van der Waals surface area contributed by atoms with Crippen LogP contribution in [0, 0.1) is 26.7 Å². The first-order chi connectivity index (χ1) is 9.45. The average Bonchev–Trinajstić information content (AvgIpc) is 2.38. The summed E-state index contributed by atoms with van der Waals surface area (Å²) in [5.41, 5.74) is 4.42. The molecule has 108 valence electrons. The van der Waals surface area contributed by atoms with Crippen molar-refractivity contribution in [2.45, 2.75) is 47.0 Å². The number of carbonyl (C=O) groups excluding carboxylic acids is 2. The molecule has 1 atom stereocenters. The molecule has 1 aliphatic heterocycles. The molecule has 0 N–H and O–H groups in total. The maximum atomic E-state index is 12.6. The molecule has 1 aromatic carbocycles. The van der Waals surface area contributed by atoms with Crippen LogP contribution >= 0.6 is 0 Å². The Morgan fingerprint density at radius 3 is 2.40 bits per heavy atom. The van der Waals surface area contributed by atoms with Gasteiger partial charge in [0.2, 0.25) is 5.91 Å². The fourth-order valence-electron chi connectivity index (χ4n) is 3.24. The van der Waals surface area contributed by atoms with Crippen LogP contribution in [0.2, 0.25) is 0 Å². The van der Waals surface area contributed by atoms with Crippen molar-refractivity contribution in [1.29, 1.82) is 0 Å². The minimum atomic E-state index is -0.436. The van der Waals surface area contributed by atoms with Gasteiger partial charge in [-0.05, 0) is 44.7 Å². The molecule has 1 fully saturated rings. The number of piperidine rings is 1. The molecule has 1 saturated heterocycles. The Hall–Kier alpha value is -1.64. The molecule has 2 rings (SSSR count). The summed E-state index contributed by atoms with van der Waals surface area (Å²) in [5, 5.41) is 0. The van der Waals surface area contributed by atoms with Gasteiger partial charge in [0.1, 0.15) is 5.78 Å². The third-order valence-corrected chi connectivity index (χ3v) is 4.08. The Balaban J connectivity index is 2.38. The van der Waals surface area contributed by atoms with E-state index in [2.05, 4.69) is 19.1 Å². The van der Waals surface area contributed by atoms with Gasteiger partial charge in [0, 0.05) is 18.7 Å². The molecule has 0 spiro atoms. The number of anilines is 1. The van der Waals surface area contributed by atoms with E-state index in [0.717, 1.165) is 29.8 Å². The van der Waals surface area contributed by atoms with Crippen molar-refractivity contribution in [3.8, 4) is 0 Å². The molecular weight excluding hydrogens is 250 g/mol. The van der Waals surface area contributed by atoms with E-state index in [4.69, 9.17) is 0 Å². The highest BCUT2D eigenvalue weighted by Gasteiger charge is 2.34. The molecule has 0 saturated carbocycles. The summed E-state index contributed by atoms with van der Waals surface area (Å²) in [7, 11) is 0. The molecule has 1 aromatic rings. The van der Waals surface area contributed by atoms with E-state index >= 15 is 0 Å². The van der Waals surface area contributed by atoms with Crippen molar-refractivity contribution in [3.05, 3.63) is 28.8 Å². The van der Waals surface area contributed by atoms with Crippen LogP contribution in [-0.4, -0.2) is 18.2 Å². The second-order valence-corrected chi connectivity index (χ2v) is 5.75. The Morgan fingerprint density at radius 1 is 1.25 bits per heavy atom. The number of ketones is 1. The predicted octanol–water partition coefficient (Wildman–Crippen LogP) is 3.33. The number of nitrogens with zero attached hydrogens (tertiary/aromatic N) is 1. The van der Waals surface area contributed by atoms with E-state index in [1.165, 1.54) is 5.56 Å². The molecule has 1 aliphatic rings. The van der Waals surface area contributed by atoms with Crippen LogP contribution in [0.4, 0.5) is 5.69 Å². The van der Waals surface area contributed by atoms with Gasteiger partial charge in [0.25, 0.3) is 0 Å². The lowest BCUT2D eigenvalue weighted by atomic mass is 9.90. The maximum absolute atomic E-state index is 12.6. The third kappa shape index (κ3) is 2.62. The van der Waals surface area contributed by atoms with E-state index in [1.807, 2.05) is 25.7 Å². The Labute approximate surface area is 121 Å². The van der Waals surface area contributed by atoms with Gasteiger partial charge in [-0.25, -0.2) is 0 Å². The fraction of sp³-hybridized carbons (Fsp3) is 0.529. The van der Waals surface area contributed by atoms with Gasteiger partial charge in [-0.15, -0.1) is 0 Å². The normalized spacial score (nSPS) is 19.3. The fourth-order valence-corrected chi connectivity index (χ4v) is 3.24. The van der Waals surface area contributed by atoms with Crippen LogP contribution in [0.3, 0.4) is 0 Å². The summed E-state index contributed by atoms with van der Waals surface area (Å²) in [4.78, 5) is 26.4. The lowest BCUT2D eigenvalue weighted by Crippen LogP contribution is -2.44. The van der Waals surface area contributed by atoms with Crippen LogP contribution in [0.25, 0.3) is 0 Å². The summed E-state index contributed by atoms with van der Waals surface area (Å²) in [6.45, 7) is 8.68. The first-order valence-corrected chi connectivity index (χ1v) is 7.37. The third-order valence-electron chi connectivity index (χ3n) is 4.08. The van der Waals surface area contributed by atoms with E-state index in [0.29, 0.717) is 12.8 Å². The van der Waals surface area contributed by atoms with Gasteiger partial charge in [0.05, 0.1) is 5.92 Å². The van der Waals surface area contributed by atoms with Gasteiger partial charge in [-0.2, -0.15) is 0 Å². The monoisotopic (exact) mass is 273 g/mol. The van der Waals surface area contributed by atoms with Crippen molar-refractivity contribution in [1.82, 2.24) is 0 Å². The zero-order valence-electron chi connectivity index (χ0n) is 12.8. The minimum absolute atomic E-state index is 0.0156. The number of aryl methyl sites for hydroxylation is 3. The van der Waals surface area contributed by atoms with Crippen molar-refractivity contribution >= 4 is 17.4 Å². The number of hydrogen-bond donors (Lipinski definition) is 0. The largest absolute Gasteiger partial charge is 0.311 e. The first kappa shape index (κ1) is 14.8. The molecule has 20 heavy (non-hydrogen) atoms. The van der Waals surface area contributed by atoms with Crippen LogP contribution < -0.4 is 4.90 Å². The van der Waals surface area contributed by atoms with Gasteiger partial charge >= 0.3 is 0 Å². The summed E-state index contributed by atoms with van der Waals surface area (Å²) >= 11 is 0. The summed E-state index contributed by atoms with van der Waals surface area (Å²) in [6.07, 6.45) is 2.04. The highest BCUT2D eigenvalue weighted by Crippen LogP contribution is 2.31. The molecule has 0 radical (unpaired) electrons. The second-order valence-electron chi connectivity index (χ2n) is 5.75. The minimum Gasteiger partial charge on any atom is -0.311 e. The van der Waals surface area contributed by atoms with Gasteiger partial charge in [-0.3, -0.25) is 9.59 Å². The van der Waals surface area contributed by atoms with Crippen molar-refractivity contribution < 1.29 is 9.59 Å². The zero-order valence-corrected chi connectivity index (χ0v) is 12.8. The van der Waals surface area contributed by atoms with Gasteiger partial charge in [0.15, 0.2) is 0 Å². The molecule has 0 aromatic heterocycles. The van der Waals surface area contributed by atoms with Crippen molar-refractivity contribution in [2.75, 3.05) is 11.4 Å². The number of amides is 1. The molecule has 1 heterocycles. The van der Waals surface area contributed by atoms with Gasteiger partial charge in [-0.1, -0.05) is 24.6 Å². The Bertz CT molecular complexity index is 525. The highest BCUT2D eigenvalue weighted by molar-refractivity contribution is 6.09. The molecule has 0 aliphatic carbocycles. The molecule has 0 unspecified atom stereocenters. The first-order valence-electron chi connectivity index (χ1n) is 7.37. The quantitative estimate of drug-likeness (QED) is 0.792. The lowest BCUT2D eigenvalue weighted by Gasteiger charge is -2.33. The second kappa shape index (κ2) is 5.78. The predicted molar refractivity (Wildman–Crippen MR) is 81.0 cm³/mol. The van der Waals surface area contributed by atoms with Crippen molar-refractivity contribution in [2.24, 2.45) is 5.92 Å². The smallest absolute Gasteiger partial charge is 0.237 e. The van der Waals surface area contributed by atoms with E-state index in [-0.39, 0.29) is 11.7 Å². The molecule has 0 bridgehead atoms. The van der Waals surface area contributed by atoms with E-state index in [9.17, 15) is 9.59 Å². The summed E-state index contributed by atoms with van der Waals surface area (Å²) in [6, 6.07) is 4.20. The number of Topliss-reactive ketones (excluding diaryl/α,β-unsaturated/α-hetero) is 1. The van der Waals surface area contributed by atoms with Crippen LogP contribution in [0.1, 0.15) is 42.9 Å². The number of benzene rings is 1. The highest BCUT2D eigenvalue weighted by atomic mass is 16.2. The molecule has 1 amide bonds. The van der Waals surface area contributed by atoms with Crippen LogP contribution in [0.5, 0.6) is 0 Å². The topological polar surface area (TPSA) is 37.4 Å². The standard InChI is InChI=1S/C17H23NO2/c1-5-15(19)14-7-6-8-18(17(14)20)16-12(3)9-11(2)10-13(16)4/h9-10,14H,5-8H2,1-4H3/t14-/m1/s1.